The Hall–Kier alpha value is -0.770. The van der Waals surface area contributed by atoms with Crippen LogP contribution in [0.5, 0.6) is 0 Å². The van der Waals surface area contributed by atoms with Crippen LogP contribution in [0.4, 0.5) is 4.79 Å². The highest BCUT2D eigenvalue weighted by molar-refractivity contribution is 5.67. The number of carbonyl (C=O) groups excluding carboxylic acids is 1. The molecule has 4 nitrogen and oxygen atoms in total. The van der Waals surface area contributed by atoms with Crippen LogP contribution < -0.4 is 5.32 Å². The molecule has 1 rings (SSSR count). The Kier molecular flexibility index (Phi) is 8.74. The molecule has 0 heterocycles. The summed E-state index contributed by atoms with van der Waals surface area (Å²) >= 11 is 0. The summed E-state index contributed by atoms with van der Waals surface area (Å²) in [7, 11) is 0. The summed E-state index contributed by atoms with van der Waals surface area (Å²) in [6.45, 7) is 7.60. The van der Waals surface area contributed by atoms with E-state index in [9.17, 15) is 4.79 Å². The second-order valence-corrected chi connectivity index (χ2v) is 6.83. The quantitative estimate of drug-likeness (QED) is 0.671. The van der Waals surface area contributed by atoms with Gasteiger partial charge in [-0.15, -0.1) is 0 Å². The number of ether oxygens (including phenoxy) is 1. The van der Waals surface area contributed by atoms with E-state index in [-0.39, 0.29) is 18.8 Å². The van der Waals surface area contributed by atoms with E-state index in [1.165, 1.54) is 6.42 Å². The maximum atomic E-state index is 11.9. The van der Waals surface area contributed by atoms with Crippen molar-refractivity contribution >= 4 is 6.09 Å². The average Bonchev–Trinajstić information content (AvgIpc) is 2.42. The summed E-state index contributed by atoms with van der Waals surface area (Å²) in [6, 6.07) is 0. The number of alkyl carbamates (subject to hydrolysis) is 1. The fraction of sp³-hybridized carbons (Fsp3) is 0.941. The number of hydrogen-bond acceptors (Lipinski definition) is 3. The largest absolute Gasteiger partial charge is 0.446 e. The summed E-state index contributed by atoms with van der Waals surface area (Å²) in [4.78, 5) is 11.9. The van der Waals surface area contributed by atoms with Crippen LogP contribution in [-0.2, 0) is 4.74 Å². The van der Waals surface area contributed by atoms with Gasteiger partial charge < -0.3 is 15.2 Å². The van der Waals surface area contributed by atoms with Gasteiger partial charge in [-0.1, -0.05) is 40.0 Å². The minimum absolute atomic E-state index is 0.0724. The number of amides is 1. The van der Waals surface area contributed by atoms with Gasteiger partial charge in [-0.25, -0.2) is 4.79 Å². The molecule has 4 heteroatoms. The third kappa shape index (κ3) is 7.16. The SMILES string of the molecule is CC1CC[C@@H](C(C)C)[C@H](OC(=O)NCCCCCCO)C1. The average molecular weight is 299 g/mol. The van der Waals surface area contributed by atoms with Crippen molar-refractivity contribution in [2.75, 3.05) is 13.2 Å². The van der Waals surface area contributed by atoms with Crippen LogP contribution in [0, 0.1) is 17.8 Å². The Balaban J connectivity index is 2.24. The minimum atomic E-state index is -0.262. The van der Waals surface area contributed by atoms with Gasteiger partial charge in [-0.05, 0) is 43.4 Å². The van der Waals surface area contributed by atoms with E-state index in [1.807, 2.05) is 0 Å². The molecule has 1 aliphatic carbocycles. The molecule has 1 fully saturated rings. The van der Waals surface area contributed by atoms with Gasteiger partial charge in [0.1, 0.15) is 6.10 Å². The molecule has 0 radical (unpaired) electrons. The minimum Gasteiger partial charge on any atom is -0.446 e. The van der Waals surface area contributed by atoms with E-state index in [0.29, 0.717) is 24.3 Å². The van der Waals surface area contributed by atoms with Crippen molar-refractivity contribution in [3.8, 4) is 0 Å². The van der Waals surface area contributed by atoms with Crippen molar-refractivity contribution in [3.63, 3.8) is 0 Å². The van der Waals surface area contributed by atoms with Gasteiger partial charge >= 0.3 is 6.09 Å². The van der Waals surface area contributed by atoms with E-state index in [1.54, 1.807) is 0 Å². The highest BCUT2D eigenvalue weighted by Crippen LogP contribution is 2.35. The summed E-state index contributed by atoms with van der Waals surface area (Å²) in [5.41, 5.74) is 0. The Morgan fingerprint density at radius 2 is 1.95 bits per heavy atom. The van der Waals surface area contributed by atoms with Crippen LogP contribution >= 0.6 is 0 Å². The standard InChI is InChI=1S/C17H33NO3/c1-13(2)15-9-8-14(3)12-16(15)21-17(20)18-10-6-4-5-7-11-19/h13-16,19H,4-12H2,1-3H3,(H,18,20)/t14?,15-,16+/m0/s1. The molecule has 3 atom stereocenters. The Bertz CT molecular complexity index is 294. The fourth-order valence-electron chi connectivity index (χ4n) is 3.21. The lowest BCUT2D eigenvalue weighted by molar-refractivity contribution is 0.00622. The van der Waals surface area contributed by atoms with Gasteiger partial charge in [0.15, 0.2) is 0 Å². The number of unbranched alkanes of at least 4 members (excludes halogenated alkanes) is 3. The summed E-state index contributed by atoms with van der Waals surface area (Å²) in [5, 5.41) is 11.6. The van der Waals surface area contributed by atoms with Crippen LogP contribution in [0.15, 0.2) is 0 Å². The van der Waals surface area contributed by atoms with Gasteiger partial charge in [0.25, 0.3) is 0 Å². The van der Waals surface area contributed by atoms with Crippen molar-refractivity contribution in [2.24, 2.45) is 17.8 Å². The van der Waals surface area contributed by atoms with Crippen molar-refractivity contribution in [1.29, 1.82) is 0 Å². The Morgan fingerprint density at radius 3 is 2.62 bits per heavy atom. The molecule has 2 N–H and O–H groups in total. The third-order valence-electron chi connectivity index (χ3n) is 4.57. The molecule has 0 spiro atoms. The molecule has 0 bridgehead atoms. The third-order valence-corrected chi connectivity index (χ3v) is 4.57. The highest BCUT2D eigenvalue weighted by atomic mass is 16.6. The summed E-state index contributed by atoms with van der Waals surface area (Å²) < 4.78 is 5.67. The molecule has 0 aromatic heterocycles. The molecule has 1 unspecified atom stereocenters. The van der Waals surface area contributed by atoms with Crippen LogP contribution in [-0.4, -0.2) is 30.5 Å². The Labute approximate surface area is 129 Å². The highest BCUT2D eigenvalue weighted by Gasteiger charge is 2.33. The molecular formula is C17H33NO3. The summed E-state index contributed by atoms with van der Waals surface area (Å²) in [5.74, 6) is 1.71. The van der Waals surface area contributed by atoms with Crippen molar-refractivity contribution < 1.29 is 14.6 Å². The first kappa shape index (κ1) is 18.3. The zero-order valence-electron chi connectivity index (χ0n) is 13.9. The molecule has 0 saturated heterocycles. The van der Waals surface area contributed by atoms with Gasteiger partial charge in [-0.2, -0.15) is 0 Å². The second kappa shape index (κ2) is 10.0. The second-order valence-electron chi connectivity index (χ2n) is 6.83. The smallest absolute Gasteiger partial charge is 0.407 e. The maximum absolute atomic E-state index is 11.9. The number of rotatable bonds is 8. The molecule has 1 aliphatic rings. The van der Waals surface area contributed by atoms with Gasteiger partial charge in [-0.3, -0.25) is 0 Å². The first-order chi connectivity index (χ1) is 10.0. The zero-order valence-corrected chi connectivity index (χ0v) is 13.9. The van der Waals surface area contributed by atoms with E-state index in [2.05, 4.69) is 26.1 Å². The fourth-order valence-corrected chi connectivity index (χ4v) is 3.21. The lowest BCUT2D eigenvalue weighted by Gasteiger charge is -2.36. The zero-order chi connectivity index (χ0) is 15.7. The lowest BCUT2D eigenvalue weighted by atomic mass is 9.75. The van der Waals surface area contributed by atoms with Gasteiger partial charge in [0, 0.05) is 13.2 Å². The van der Waals surface area contributed by atoms with Crippen LogP contribution in [0.1, 0.15) is 65.7 Å². The molecule has 0 aliphatic heterocycles. The van der Waals surface area contributed by atoms with E-state index >= 15 is 0 Å². The molecule has 124 valence electrons. The maximum Gasteiger partial charge on any atom is 0.407 e. The molecular weight excluding hydrogens is 266 g/mol. The molecule has 1 saturated carbocycles. The van der Waals surface area contributed by atoms with E-state index in [4.69, 9.17) is 9.84 Å². The molecule has 0 aromatic rings. The number of nitrogens with one attached hydrogen (secondary N) is 1. The molecule has 0 aromatic carbocycles. The topological polar surface area (TPSA) is 58.6 Å². The first-order valence-corrected chi connectivity index (χ1v) is 8.60. The van der Waals surface area contributed by atoms with E-state index < -0.39 is 0 Å². The number of carbonyl (C=O) groups is 1. The van der Waals surface area contributed by atoms with Gasteiger partial charge in [0.2, 0.25) is 0 Å². The number of aliphatic hydroxyl groups is 1. The monoisotopic (exact) mass is 299 g/mol. The van der Waals surface area contributed by atoms with Crippen molar-refractivity contribution in [3.05, 3.63) is 0 Å². The van der Waals surface area contributed by atoms with Crippen molar-refractivity contribution in [1.82, 2.24) is 5.32 Å². The van der Waals surface area contributed by atoms with Gasteiger partial charge in [0.05, 0.1) is 0 Å². The Morgan fingerprint density at radius 1 is 1.24 bits per heavy atom. The molecule has 1 amide bonds. The predicted molar refractivity (Wildman–Crippen MR) is 85.2 cm³/mol. The van der Waals surface area contributed by atoms with Crippen LogP contribution in [0.25, 0.3) is 0 Å². The number of aliphatic hydroxyl groups excluding tert-OH is 1. The molecule has 21 heavy (non-hydrogen) atoms. The normalized spacial score (nSPS) is 25.9. The number of hydrogen-bond donors (Lipinski definition) is 2. The lowest BCUT2D eigenvalue weighted by Crippen LogP contribution is -2.39. The van der Waals surface area contributed by atoms with Crippen molar-refractivity contribution in [2.45, 2.75) is 71.8 Å². The van der Waals surface area contributed by atoms with Crippen LogP contribution in [0.3, 0.4) is 0 Å². The summed E-state index contributed by atoms with van der Waals surface area (Å²) in [6.07, 6.45) is 7.06. The predicted octanol–water partition coefficient (Wildman–Crippen LogP) is 3.73. The first-order valence-electron chi connectivity index (χ1n) is 8.60. The van der Waals surface area contributed by atoms with Crippen LogP contribution in [0.2, 0.25) is 0 Å². The van der Waals surface area contributed by atoms with E-state index in [0.717, 1.165) is 38.5 Å².